The molecule has 2 aliphatic carbocycles. The highest BCUT2D eigenvalue weighted by molar-refractivity contribution is 7.89. The van der Waals surface area contributed by atoms with Gasteiger partial charge in [-0.05, 0) is 43.2 Å². The van der Waals surface area contributed by atoms with Gasteiger partial charge in [0, 0.05) is 49.0 Å². The number of carbonyl (C=O) groups is 2. The fourth-order valence-electron chi connectivity index (χ4n) is 6.32. The molecule has 1 saturated heterocycles. The number of nitrogen functional groups attached to an aromatic ring is 1. The summed E-state index contributed by atoms with van der Waals surface area (Å²) in [5.74, 6) is -0.563. The Hall–Kier alpha value is -3.73. The van der Waals surface area contributed by atoms with Crippen molar-refractivity contribution >= 4 is 44.3 Å². The predicted octanol–water partition coefficient (Wildman–Crippen LogP) is 3.89. The lowest BCUT2D eigenvalue weighted by molar-refractivity contribution is 0.0980. The van der Waals surface area contributed by atoms with Gasteiger partial charge < -0.3 is 16.0 Å². The van der Waals surface area contributed by atoms with Crippen molar-refractivity contribution in [3.8, 4) is 0 Å². The molecule has 5 N–H and O–H groups in total. The molecule has 10 heteroatoms. The number of anilines is 4. The fraction of sp³-hybridized carbons (Fsp3) is 0.333. The summed E-state index contributed by atoms with van der Waals surface area (Å²) in [7, 11) is -3.85. The highest BCUT2D eigenvalue weighted by Gasteiger charge is 2.36. The molecule has 1 heterocycles. The van der Waals surface area contributed by atoms with E-state index in [0.29, 0.717) is 39.9 Å². The molecule has 208 valence electrons. The van der Waals surface area contributed by atoms with Gasteiger partial charge in [0.25, 0.3) is 0 Å². The fourth-order valence-corrected chi connectivity index (χ4v) is 6.84. The molecule has 3 aromatic rings. The second-order valence-corrected chi connectivity index (χ2v) is 12.4. The van der Waals surface area contributed by atoms with Crippen molar-refractivity contribution < 1.29 is 18.0 Å². The topological polar surface area (TPSA) is 139 Å². The van der Waals surface area contributed by atoms with E-state index >= 15 is 0 Å². The van der Waals surface area contributed by atoms with E-state index in [9.17, 15) is 18.0 Å². The van der Waals surface area contributed by atoms with Crippen molar-refractivity contribution in [3.63, 3.8) is 0 Å². The van der Waals surface area contributed by atoms with Crippen LogP contribution in [0.5, 0.6) is 0 Å². The maximum absolute atomic E-state index is 13.8. The summed E-state index contributed by atoms with van der Waals surface area (Å²) in [6.45, 7) is 3.35. The van der Waals surface area contributed by atoms with Crippen LogP contribution in [0.2, 0.25) is 0 Å². The van der Waals surface area contributed by atoms with Crippen LogP contribution < -0.4 is 21.1 Å². The molecule has 9 nitrogen and oxygen atoms in total. The Bertz CT molecular complexity index is 1590. The Morgan fingerprint density at radius 3 is 2.00 bits per heavy atom. The minimum atomic E-state index is -3.85. The second kappa shape index (κ2) is 10.3. The normalized spacial score (nSPS) is 18.4. The van der Waals surface area contributed by atoms with Crippen LogP contribution in [0, 0.1) is 0 Å². The number of hydrogen-bond donors (Lipinski definition) is 3. The Morgan fingerprint density at radius 1 is 0.800 bits per heavy atom. The van der Waals surface area contributed by atoms with Gasteiger partial charge in [0.1, 0.15) is 0 Å². The Balaban J connectivity index is 1.39. The van der Waals surface area contributed by atoms with Gasteiger partial charge in [0.15, 0.2) is 11.6 Å². The molecule has 1 saturated carbocycles. The van der Waals surface area contributed by atoms with Crippen LogP contribution in [0.15, 0.2) is 59.5 Å². The van der Waals surface area contributed by atoms with Crippen LogP contribution in [0.3, 0.4) is 0 Å². The molecule has 0 aromatic heterocycles. The van der Waals surface area contributed by atoms with Gasteiger partial charge in [-0.3, -0.25) is 14.5 Å². The summed E-state index contributed by atoms with van der Waals surface area (Å²) in [5, 5.41) is 8.51. The van der Waals surface area contributed by atoms with Crippen molar-refractivity contribution in [1.29, 1.82) is 0 Å². The molecule has 1 aliphatic heterocycles. The molecule has 2 fully saturated rings. The van der Waals surface area contributed by atoms with Crippen molar-refractivity contribution in [2.45, 2.75) is 43.0 Å². The molecular weight excluding hydrogens is 526 g/mol. The predicted molar refractivity (Wildman–Crippen MR) is 156 cm³/mol. The number of rotatable bonds is 5. The quantitative estimate of drug-likeness (QED) is 0.313. The van der Waals surface area contributed by atoms with E-state index in [2.05, 4.69) is 15.1 Å². The molecule has 6 rings (SSSR count). The maximum atomic E-state index is 13.8. The lowest BCUT2D eigenvalue weighted by Crippen LogP contribution is -2.51. The third kappa shape index (κ3) is 4.76. The minimum absolute atomic E-state index is 0.0194. The molecular formula is C30H33N5O4S. The smallest absolute Gasteiger partial charge is 0.238 e. The molecule has 3 aliphatic rings. The first-order chi connectivity index (χ1) is 19.2. The molecule has 40 heavy (non-hydrogen) atoms. The zero-order chi connectivity index (χ0) is 28.0. The van der Waals surface area contributed by atoms with Crippen molar-refractivity contribution in [3.05, 3.63) is 76.9 Å². The summed E-state index contributed by atoms with van der Waals surface area (Å²) in [6.07, 6.45) is 6.38. The largest absolute Gasteiger partial charge is 0.396 e. The third-order valence-corrected chi connectivity index (χ3v) is 9.35. The number of nitrogens with zero attached hydrogens (tertiary/aromatic N) is 2. The highest BCUT2D eigenvalue weighted by atomic mass is 32.2. The number of nitrogens with one attached hydrogen (secondary N) is 1. The lowest BCUT2D eigenvalue weighted by Gasteiger charge is -2.42. The van der Waals surface area contributed by atoms with Crippen LogP contribution in [0.1, 0.15) is 63.9 Å². The number of carbonyl (C=O) groups excluding carboxylic acids is 2. The van der Waals surface area contributed by atoms with Gasteiger partial charge in [0.05, 0.1) is 33.1 Å². The SMILES string of the molecule is Nc1c(N2CCN(C3CCCCC3)CC2)cc(Nc2ccc(S(N)(=O)=O)cc2)c2c1C(=O)c1ccccc1C2=O. The number of ketones is 2. The first-order valence-corrected chi connectivity index (χ1v) is 15.3. The monoisotopic (exact) mass is 559 g/mol. The molecule has 0 bridgehead atoms. The average Bonchev–Trinajstić information content (AvgIpc) is 2.97. The Kier molecular flexibility index (Phi) is 6.85. The van der Waals surface area contributed by atoms with Crippen LogP contribution in [0.4, 0.5) is 22.7 Å². The summed E-state index contributed by atoms with van der Waals surface area (Å²) < 4.78 is 23.4. The molecule has 3 aromatic carbocycles. The van der Waals surface area contributed by atoms with Crippen LogP contribution in [-0.4, -0.2) is 57.1 Å². The van der Waals surface area contributed by atoms with Crippen molar-refractivity contribution in [2.75, 3.05) is 42.1 Å². The number of sulfonamides is 1. The zero-order valence-electron chi connectivity index (χ0n) is 22.2. The van der Waals surface area contributed by atoms with Crippen LogP contribution >= 0.6 is 0 Å². The third-order valence-electron chi connectivity index (χ3n) is 8.42. The number of piperazine rings is 1. The first-order valence-electron chi connectivity index (χ1n) is 13.8. The van der Waals surface area contributed by atoms with Gasteiger partial charge in [-0.15, -0.1) is 0 Å². The summed E-state index contributed by atoms with van der Waals surface area (Å²) in [4.78, 5) is 32.3. The van der Waals surface area contributed by atoms with Gasteiger partial charge >= 0.3 is 0 Å². The molecule has 0 unspecified atom stereocenters. The van der Waals surface area contributed by atoms with Crippen LogP contribution in [-0.2, 0) is 10.0 Å². The highest BCUT2D eigenvalue weighted by Crippen LogP contribution is 2.42. The van der Waals surface area contributed by atoms with Gasteiger partial charge in [-0.1, -0.05) is 43.5 Å². The standard InChI is InChI=1S/C30H33N5O4S/c31-28-25(35-16-14-34(15-17-35)20-6-2-1-3-7-20)18-24(33-19-10-12-21(13-11-19)40(32,38)39)26-27(28)30(37)23-9-5-4-8-22(23)29(26)36/h4-5,8-13,18,20,33H,1-3,6-7,14-17,31H2,(H2,32,38,39). The number of primary sulfonamides is 1. The zero-order valence-corrected chi connectivity index (χ0v) is 23.0. The average molecular weight is 560 g/mol. The van der Waals surface area contributed by atoms with E-state index in [1.54, 1.807) is 36.4 Å². The number of nitrogens with two attached hydrogens (primary N) is 2. The van der Waals surface area contributed by atoms with Crippen molar-refractivity contribution in [2.24, 2.45) is 5.14 Å². The van der Waals surface area contributed by atoms with E-state index in [-0.39, 0.29) is 27.6 Å². The van der Waals surface area contributed by atoms with Crippen LogP contribution in [0.25, 0.3) is 0 Å². The first kappa shape index (κ1) is 26.5. The van der Waals surface area contributed by atoms with E-state index in [1.807, 2.05) is 6.07 Å². The maximum Gasteiger partial charge on any atom is 0.238 e. The molecule has 0 spiro atoms. The summed E-state index contributed by atoms with van der Waals surface area (Å²) in [5.41, 5.74) is 9.84. The number of fused-ring (bicyclic) bond motifs is 2. The number of benzene rings is 3. The van der Waals surface area contributed by atoms with E-state index in [1.165, 1.54) is 44.2 Å². The lowest BCUT2D eigenvalue weighted by atomic mass is 9.81. The molecule has 0 amide bonds. The molecule has 0 radical (unpaired) electrons. The Morgan fingerprint density at radius 2 is 1.40 bits per heavy atom. The Labute approximate surface area is 234 Å². The van der Waals surface area contributed by atoms with E-state index < -0.39 is 10.0 Å². The van der Waals surface area contributed by atoms with Gasteiger partial charge in [-0.25, -0.2) is 13.6 Å². The summed E-state index contributed by atoms with van der Waals surface area (Å²) >= 11 is 0. The number of hydrogen-bond acceptors (Lipinski definition) is 8. The van der Waals surface area contributed by atoms with Gasteiger partial charge in [0.2, 0.25) is 10.0 Å². The minimum Gasteiger partial charge on any atom is -0.396 e. The van der Waals surface area contributed by atoms with E-state index in [0.717, 1.165) is 26.2 Å². The van der Waals surface area contributed by atoms with E-state index in [4.69, 9.17) is 10.9 Å². The molecule has 0 atom stereocenters. The van der Waals surface area contributed by atoms with Crippen molar-refractivity contribution in [1.82, 2.24) is 4.90 Å². The summed E-state index contributed by atoms with van der Waals surface area (Å²) in [6, 6.07) is 15.2. The second-order valence-electron chi connectivity index (χ2n) is 10.8. The van der Waals surface area contributed by atoms with Gasteiger partial charge in [-0.2, -0.15) is 0 Å².